The highest BCUT2D eigenvalue weighted by molar-refractivity contribution is 6.20. The standard InChI is InChI=1S/C13H17ClO2/c1-3-16-13(15)8-7-12(14)11-6-4-5-10(2)9-11/h4-6,9,12H,3,7-8H2,1-2H3. The summed E-state index contributed by atoms with van der Waals surface area (Å²) in [5.74, 6) is -0.180. The lowest BCUT2D eigenvalue weighted by Crippen LogP contribution is -2.05. The van der Waals surface area contributed by atoms with Crippen molar-refractivity contribution in [1.29, 1.82) is 0 Å². The minimum atomic E-state index is -0.180. The van der Waals surface area contributed by atoms with Crippen molar-refractivity contribution < 1.29 is 9.53 Å². The molecule has 1 aromatic rings. The molecule has 0 aliphatic heterocycles. The summed E-state index contributed by atoms with van der Waals surface area (Å²) in [4.78, 5) is 11.2. The molecule has 0 saturated heterocycles. The monoisotopic (exact) mass is 240 g/mol. The van der Waals surface area contributed by atoms with Crippen LogP contribution in [-0.2, 0) is 9.53 Å². The summed E-state index contributed by atoms with van der Waals surface area (Å²) in [5.41, 5.74) is 2.24. The molecule has 0 aliphatic carbocycles. The molecule has 3 heteroatoms. The molecule has 1 rings (SSSR count). The number of benzene rings is 1. The van der Waals surface area contributed by atoms with Gasteiger partial charge in [-0.1, -0.05) is 29.8 Å². The van der Waals surface area contributed by atoms with E-state index >= 15 is 0 Å². The summed E-state index contributed by atoms with van der Waals surface area (Å²) >= 11 is 6.21. The van der Waals surface area contributed by atoms with E-state index in [2.05, 4.69) is 0 Å². The summed E-state index contributed by atoms with van der Waals surface area (Å²) < 4.78 is 4.85. The first-order chi connectivity index (χ1) is 7.63. The van der Waals surface area contributed by atoms with Crippen LogP contribution in [0.4, 0.5) is 0 Å². The fourth-order valence-electron chi connectivity index (χ4n) is 1.51. The fraction of sp³-hybridized carbons (Fsp3) is 0.462. The predicted octanol–water partition coefficient (Wildman–Crippen LogP) is 3.62. The van der Waals surface area contributed by atoms with Gasteiger partial charge in [-0.3, -0.25) is 4.79 Å². The molecule has 0 amide bonds. The summed E-state index contributed by atoms with van der Waals surface area (Å²) in [6.07, 6.45) is 0.986. The SMILES string of the molecule is CCOC(=O)CCC(Cl)c1cccc(C)c1. The van der Waals surface area contributed by atoms with Crippen LogP contribution in [0.15, 0.2) is 24.3 Å². The van der Waals surface area contributed by atoms with E-state index in [1.807, 2.05) is 31.2 Å². The molecule has 0 spiro atoms. The van der Waals surface area contributed by atoms with Crippen molar-refractivity contribution in [1.82, 2.24) is 0 Å². The van der Waals surface area contributed by atoms with Crippen LogP contribution in [0.25, 0.3) is 0 Å². The molecule has 1 aromatic carbocycles. The average Bonchev–Trinajstić information content (AvgIpc) is 2.26. The second-order valence-corrected chi connectivity index (χ2v) is 4.25. The van der Waals surface area contributed by atoms with Crippen LogP contribution in [0, 0.1) is 6.92 Å². The summed E-state index contributed by atoms with van der Waals surface area (Å²) in [6.45, 7) is 4.26. The maximum Gasteiger partial charge on any atom is 0.305 e. The molecule has 0 N–H and O–H groups in total. The van der Waals surface area contributed by atoms with Gasteiger partial charge in [-0.2, -0.15) is 0 Å². The molecule has 1 unspecified atom stereocenters. The number of carbonyl (C=O) groups excluding carboxylic acids is 1. The number of esters is 1. The zero-order chi connectivity index (χ0) is 12.0. The third-order valence-corrected chi connectivity index (χ3v) is 2.78. The van der Waals surface area contributed by atoms with Gasteiger partial charge in [-0.25, -0.2) is 0 Å². The minimum absolute atomic E-state index is 0.121. The van der Waals surface area contributed by atoms with Gasteiger partial charge in [0.1, 0.15) is 0 Å². The summed E-state index contributed by atoms with van der Waals surface area (Å²) in [6, 6.07) is 8.03. The molecule has 0 aliphatic rings. The first kappa shape index (κ1) is 13.0. The van der Waals surface area contributed by atoms with E-state index in [4.69, 9.17) is 16.3 Å². The third-order valence-electron chi connectivity index (χ3n) is 2.31. The Hall–Kier alpha value is -1.02. The lowest BCUT2D eigenvalue weighted by Gasteiger charge is -2.09. The van der Waals surface area contributed by atoms with Crippen molar-refractivity contribution in [3.8, 4) is 0 Å². The number of carbonyl (C=O) groups is 1. The van der Waals surface area contributed by atoms with Gasteiger partial charge >= 0.3 is 5.97 Å². The topological polar surface area (TPSA) is 26.3 Å². The zero-order valence-corrected chi connectivity index (χ0v) is 10.5. The second-order valence-electron chi connectivity index (χ2n) is 3.73. The Balaban J connectivity index is 2.46. The van der Waals surface area contributed by atoms with Gasteiger partial charge in [0.15, 0.2) is 0 Å². The Morgan fingerprint density at radius 3 is 2.88 bits per heavy atom. The Morgan fingerprint density at radius 2 is 2.25 bits per heavy atom. The lowest BCUT2D eigenvalue weighted by atomic mass is 10.1. The summed E-state index contributed by atoms with van der Waals surface area (Å²) in [7, 11) is 0. The van der Waals surface area contributed by atoms with E-state index in [1.54, 1.807) is 6.92 Å². The van der Waals surface area contributed by atoms with E-state index < -0.39 is 0 Å². The number of halogens is 1. The van der Waals surface area contributed by atoms with E-state index in [0.29, 0.717) is 19.4 Å². The Labute approximate surface area is 102 Å². The van der Waals surface area contributed by atoms with Crippen LogP contribution in [0.3, 0.4) is 0 Å². The van der Waals surface area contributed by atoms with Crippen LogP contribution in [0.1, 0.15) is 36.3 Å². The first-order valence-corrected chi connectivity index (χ1v) is 5.93. The molecule has 88 valence electrons. The van der Waals surface area contributed by atoms with Crippen molar-refractivity contribution in [2.24, 2.45) is 0 Å². The van der Waals surface area contributed by atoms with Crippen molar-refractivity contribution in [2.75, 3.05) is 6.61 Å². The van der Waals surface area contributed by atoms with Crippen molar-refractivity contribution in [3.63, 3.8) is 0 Å². The Bertz CT molecular complexity index is 350. The highest BCUT2D eigenvalue weighted by atomic mass is 35.5. The number of hydrogen-bond donors (Lipinski definition) is 0. The molecule has 0 aromatic heterocycles. The predicted molar refractivity (Wildman–Crippen MR) is 65.6 cm³/mol. The minimum Gasteiger partial charge on any atom is -0.466 e. The van der Waals surface area contributed by atoms with Gasteiger partial charge in [0.25, 0.3) is 0 Å². The molecule has 2 nitrogen and oxygen atoms in total. The molecule has 16 heavy (non-hydrogen) atoms. The van der Waals surface area contributed by atoms with E-state index in [-0.39, 0.29) is 11.3 Å². The first-order valence-electron chi connectivity index (χ1n) is 5.49. The zero-order valence-electron chi connectivity index (χ0n) is 9.70. The smallest absolute Gasteiger partial charge is 0.305 e. The largest absolute Gasteiger partial charge is 0.466 e. The molecule has 0 saturated carbocycles. The van der Waals surface area contributed by atoms with Gasteiger partial charge in [-0.15, -0.1) is 11.6 Å². The molecule has 1 atom stereocenters. The molecule has 0 fully saturated rings. The van der Waals surface area contributed by atoms with Gasteiger partial charge in [-0.05, 0) is 25.8 Å². The third kappa shape index (κ3) is 4.23. The van der Waals surface area contributed by atoms with Crippen LogP contribution in [0.5, 0.6) is 0 Å². The van der Waals surface area contributed by atoms with Crippen molar-refractivity contribution in [2.45, 2.75) is 32.1 Å². The maximum atomic E-state index is 11.2. The number of rotatable bonds is 5. The maximum absolute atomic E-state index is 11.2. The Kier molecular flexibility index (Phi) is 5.33. The average molecular weight is 241 g/mol. The van der Waals surface area contributed by atoms with Crippen molar-refractivity contribution in [3.05, 3.63) is 35.4 Å². The van der Waals surface area contributed by atoms with Crippen LogP contribution in [0.2, 0.25) is 0 Å². The number of alkyl halides is 1. The van der Waals surface area contributed by atoms with Crippen LogP contribution >= 0.6 is 11.6 Å². The summed E-state index contributed by atoms with van der Waals surface area (Å²) in [5, 5.41) is -0.121. The molecule has 0 heterocycles. The number of ether oxygens (including phenoxy) is 1. The quantitative estimate of drug-likeness (QED) is 0.581. The van der Waals surface area contributed by atoms with Crippen LogP contribution in [-0.4, -0.2) is 12.6 Å². The second kappa shape index (κ2) is 6.54. The lowest BCUT2D eigenvalue weighted by molar-refractivity contribution is -0.143. The molecular formula is C13H17ClO2. The molecular weight excluding hydrogens is 224 g/mol. The van der Waals surface area contributed by atoms with Crippen LogP contribution < -0.4 is 0 Å². The van der Waals surface area contributed by atoms with Gasteiger partial charge in [0, 0.05) is 6.42 Å². The van der Waals surface area contributed by atoms with E-state index in [1.165, 1.54) is 5.56 Å². The highest BCUT2D eigenvalue weighted by Crippen LogP contribution is 2.26. The highest BCUT2D eigenvalue weighted by Gasteiger charge is 2.11. The fourth-order valence-corrected chi connectivity index (χ4v) is 1.75. The van der Waals surface area contributed by atoms with Gasteiger partial charge in [0.05, 0.1) is 12.0 Å². The van der Waals surface area contributed by atoms with Gasteiger partial charge < -0.3 is 4.74 Å². The normalized spacial score (nSPS) is 12.2. The van der Waals surface area contributed by atoms with Crippen molar-refractivity contribution >= 4 is 17.6 Å². The van der Waals surface area contributed by atoms with E-state index in [9.17, 15) is 4.79 Å². The number of aryl methyl sites for hydroxylation is 1. The number of hydrogen-bond acceptors (Lipinski definition) is 2. The Morgan fingerprint density at radius 1 is 1.50 bits per heavy atom. The molecule has 0 radical (unpaired) electrons. The van der Waals surface area contributed by atoms with E-state index in [0.717, 1.165) is 5.56 Å². The van der Waals surface area contributed by atoms with Gasteiger partial charge in [0.2, 0.25) is 0 Å². The molecule has 0 bridgehead atoms.